The maximum Gasteiger partial charge on any atom is 0.136 e. The summed E-state index contributed by atoms with van der Waals surface area (Å²) >= 11 is 0. The number of hydrogen-bond acceptors (Lipinski definition) is 5. The summed E-state index contributed by atoms with van der Waals surface area (Å²) in [4.78, 5) is 0. The van der Waals surface area contributed by atoms with Gasteiger partial charge in [-0.05, 0) is 30.7 Å². The van der Waals surface area contributed by atoms with Gasteiger partial charge in [-0.3, -0.25) is 0 Å². The van der Waals surface area contributed by atoms with E-state index in [-0.39, 0.29) is 0 Å². The van der Waals surface area contributed by atoms with Crippen molar-refractivity contribution < 1.29 is 14.2 Å². The van der Waals surface area contributed by atoms with Gasteiger partial charge in [-0.25, -0.2) is 0 Å². The first-order valence-electron chi connectivity index (χ1n) is 6.66. The maximum absolute atomic E-state index is 8.91. The van der Waals surface area contributed by atoms with E-state index < -0.39 is 0 Å². The summed E-state index contributed by atoms with van der Waals surface area (Å²) in [5.74, 6) is 0.620. The van der Waals surface area contributed by atoms with E-state index in [2.05, 4.69) is 11.4 Å². The Hall–Kier alpha value is -1.61. The third-order valence-corrected chi connectivity index (χ3v) is 2.79. The standard InChI is InChI=1S/C15H22N2O3/c1-18-8-9-20-7-3-6-17-12-13-4-5-14(11-16)15(10-13)19-2/h4-5,10,17H,3,6-9,12H2,1-2H3. The van der Waals surface area contributed by atoms with Gasteiger partial charge in [-0.1, -0.05) is 6.07 Å². The number of nitrogens with zero attached hydrogens (tertiary/aromatic N) is 1. The SMILES string of the molecule is COCCOCCCNCc1ccc(C#N)c(OC)c1. The van der Waals surface area contributed by atoms with E-state index in [0.717, 1.165) is 31.7 Å². The Balaban J connectivity index is 2.21. The highest BCUT2D eigenvalue weighted by atomic mass is 16.5. The first kappa shape index (κ1) is 16.4. The second kappa shape index (κ2) is 10.2. The molecule has 0 aliphatic carbocycles. The van der Waals surface area contributed by atoms with E-state index in [9.17, 15) is 0 Å². The molecule has 0 heterocycles. The first-order chi connectivity index (χ1) is 9.81. The minimum atomic E-state index is 0.558. The van der Waals surface area contributed by atoms with Gasteiger partial charge in [-0.2, -0.15) is 5.26 Å². The number of nitrogens with one attached hydrogen (secondary N) is 1. The summed E-state index contributed by atoms with van der Waals surface area (Å²) < 4.78 is 15.4. The van der Waals surface area contributed by atoms with Crippen LogP contribution in [0.25, 0.3) is 0 Å². The molecule has 1 N–H and O–H groups in total. The van der Waals surface area contributed by atoms with Crippen LogP contribution in [0.4, 0.5) is 0 Å². The van der Waals surface area contributed by atoms with Gasteiger partial charge in [0, 0.05) is 20.3 Å². The number of benzene rings is 1. The van der Waals surface area contributed by atoms with Gasteiger partial charge < -0.3 is 19.5 Å². The number of nitriles is 1. The Kier molecular flexibility index (Phi) is 8.40. The molecule has 0 spiro atoms. The molecule has 1 rings (SSSR count). The van der Waals surface area contributed by atoms with Crippen LogP contribution in [0.15, 0.2) is 18.2 Å². The van der Waals surface area contributed by atoms with E-state index in [1.54, 1.807) is 20.3 Å². The van der Waals surface area contributed by atoms with Crippen LogP contribution in [0.2, 0.25) is 0 Å². The minimum Gasteiger partial charge on any atom is -0.495 e. The normalized spacial score (nSPS) is 10.2. The summed E-state index contributed by atoms with van der Waals surface area (Å²) in [6.07, 6.45) is 0.955. The van der Waals surface area contributed by atoms with E-state index in [4.69, 9.17) is 19.5 Å². The monoisotopic (exact) mass is 278 g/mol. The Bertz CT molecular complexity index is 430. The average molecular weight is 278 g/mol. The lowest BCUT2D eigenvalue weighted by Gasteiger charge is -2.08. The quantitative estimate of drug-likeness (QED) is 0.660. The molecule has 0 atom stereocenters. The molecule has 5 nitrogen and oxygen atoms in total. The minimum absolute atomic E-state index is 0.558. The summed E-state index contributed by atoms with van der Waals surface area (Å²) in [6.45, 7) is 3.64. The Labute approximate surface area is 120 Å². The third kappa shape index (κ3) is 6.02. The average Bonchev–Trinajstić information content (AvgIpc) is 2.49. The molecule has 5 heteroatoms. The summed E-state index contributed by atoms with van der Waals surface area (Å²) in [5.41, 5.74) is 1.66. The molecule has 0 radical (unpaired) electrons. The van der Waals surface area contributed by atoms with E-state index in [0.29, 0.717) is 24.5 Å². The Morgan fingerprint density at radius 2 is 2.05 bits per heavy atom. The highest BCUT2D eigenvalue weighted by Gasteiger charge is 2.03. The molecule has 110 valence electrons. The maximum atomic E-state index is 8.91. The van der Waals surface area contributed by atoms with Crippen molar-refractivity contribution in [3.8, 4) is 11.8 Å². The van der Waals surface area contributed by atoms with Gasteiger partial charge in [0.25, 0.3) is 0 Å². The van der Waals surface area contributed by atoms with Crippen LogP contribution in [0.3, 0.4) is 0 Å². The number of methoxy groups -OCH3 is 2. The van der Waals surface area contributed by atoms with Crippen molar-refractivity contribution in [1.29, 1.82) is 5.26 Å². The molecular weight excluding hydrogens is 256 g/mol. The topological polar surface area (TPSA) is 63.5 Å². The highest BCUT2D eigenvalue weighted by Crippen LogP contribution is 2.18. The van der Waals surface area contributed by atoms with Crippen LogP contribution < -0.4 is 10.1 Å². The number of rotatable bonds is 10. The molecule has 20 heavy (non-hydrogen) atoms. The second-order valence-electron chi connectivity index (χ2n) is 4.28. The second-order valence-corrected chi connectivity index (χ2v) is 4.28. The third-order valence-electron chi connectivity index (χ3n) is 2.79. The summed E-state index contributed by atoms with van der Waals surface area (Å²) in [6, 6.07) is 7.71. The number of hydrogen-bond donors (Lipinski definition) is 1. The van der Waals surface area contributed by atoms with Crippen molar-refractivity contribution in [2.24, 2.45) is 0 Å². The fraction of sp³-hybridized carbons (Fsp3) is 0.533. The zero-order valence-electron chi connectivity index (χ0n) is 12.1. The molecule has 0 aliphatic heterocycles. The summed E-state index contributed by atoms with van der Waals surface area (Å²) in [7, 11) is 3.24. The lowest BCUT2D eigenvalue weighted by Crippen LogP contribution is -2.17. The molecule has 0 fully saturated rings. The van der Waals surface area contributed by atoms with Crippen LogP contribution in [-0.2, 0) is 16.0 Å². The van der Waals surface area contributed by atoms with Crippen LogP contribution in [-0.4, -0.2) is 40.6 Å². The van der Waals surface area contributed by atoms with Crippen LogP contribution in [0.5, 0.6) is 5.75 Å². The highest BCUT2D eigenvalue weighted by molar-refractivity contribution is 5.45. The molecular formula is C15H22N2O3. The smallest absolute Gasteiger partial charge is 0.136 e. The van der Waals surface area contributed by atoms with Gasteiger partial charge in [0.15, 0.2) is 0 Å². The van der Waals surface area contributed by atoms with Crippen molar-refractivity contribution in [2.75, 3.05) is 40.6 Å². The van der Waals surface area contributed by atoms with Crippen LogP contribution in [0, 0.1) is 11.3 Å². The van der Waals surface area contributed by atoms with Gasteiger partial charge in [0.05, 0.1) is 25.9 Å². The Morgan fingerprint density at radius 3 is 2.75 bits per heavy atom. The van der Waals surface area contributed by atoms with Crippen molar-refractivity contribution in [3.63, 3.8) is 0 Å². The molecule has 1 aromatic rings. The van der Waals surface area contributed by atoms with Crippen LogP contribution >= 0.6 is 0 Å². The molecule has 0 amide bonds. The molecule has 0 saturated heterocycles. The number of ether oxygens (including phenoxy) is 3. The van der Waals surface area contributed by atoms with Crippen molar-refractivity contribution in [3.05, 3.63) is 29.3 Å². The molecule has 0 unspecified atom stereocenters. The zero-order chi connectivity index (χ0) is 14.6. The van der Waals surface area contributed by atoms with Gasteiger partial charge in [0.2, 0.25) is 0 Å². The van der Waals surface area contributed by atoms with Crippen LogP contribution in [0.1, 0.15) is 17.5 Å². The lowest BCUT2D eigenvalue weighted by molar-refractivity contribution is 0.0695. The molecule has 0 aliphatic rings. The fourth-order valence-corrected chi connectivity index (χ4v) is 1.71. The van der Waals surface area contributed by atoms with Gasteiger partial charge in [0.1, 0.15) is 11.8 Å². The fourth-order valence-electron chi connectivity index (χ4n) is 1.71. The zero-order valence-corrected chi connectivity index (χ0v) is 12.1. The van der Waals surface area contributed by atoms with Gasteiger partial charge >= 0.3 is 0 Å². The molecule has 0 saturated carbocycles. The first-order valence-corrected chi connectivity index (χ1v) is 6.66. The van der Waals surface area contributed by atoms with E-state index in [1.165, 1.54) is 0 Å². The van der Waals surface area contributed by atoms with Gasteiger partial charge in [-0.15, -0.1) is 0 Å². The Morgan fingerprint density at radius 1 is 1.20 bits per heavy atom. The predicted octanol–water partition coefficient (Wildman–Crippen LogP) is 1.71. The predicted molar refractivity (Wildman–Crippen MR) is 76.7 cm³/mol. The van der Waals surface area contributed by atoms with E-state index in [1.807, 2.05) is 12.1 Å². The molecule has 1 aromatic carbocycles. The lowest BCUT2D eigenvalue weighted by atomic mass is 10.1. The van der Waals surface area contributed by atoms with E-state index >= 15 is 0 Å². The summed E-state index contributed by atoms with van der Waals surface area (Å²) in [5, 5.41) is 12.2. The van der Waals surface area contributed by atoms with Crippen molar-refractivity contribution >= 4 is 0 Å². The molecule has 0 aromatic heterocycles. The largest absolute Gasteiger partial charge is 0.495 e. The van der Waals surface area contributed by atoms with Crippen molar-refractivity contribution in [2.45, 2.75) is 13.0 Å². The van der Waals surface area contributed by atoms with Crippen molar-refractivity contribution in [1.82, 2.24) is 5.32 Å². The molecule has 0 bridgehead atoms.